The smallest absolute Gasteiger partial charge is 0.0738 e. The number of hydrogen-bond acceptors (Lipinski definition) is 3. The number of H-pyrrole nitrogens is 1. The number of rotatable bonds is 3. The summed E-state index contributed by atoms with van der Waals surface area (Å²) in [7, 11) is 0. The van der Waals surface area contributed by atoms with Crippen molar-refractivity contribution in [3.05, 3.63) is 59.5 Å². The van der Waals surface area contributed by atoms with Gasteiger partial charge < -0.3 is 4.98 Å². The molecule has 0 radical (unpaired) electrons. The summed E-state index contributed by atoms with van der Waals surface area (Å²) in [6.07, 6.45) is 5.30. The van der Waals surface area contributed by atoms with Crippen LogP contribution in [0.4, 0.5) is 5.69 Å². The number of anilines is 1. The Morgan fingerprint density at radius 1 is 1.26 bits per heavy atom. The van der Waals surface area contributed by atoms with Gasteiger partial charge in [-0.05, 0) is 36.4 Å². The Bertz CT molecular complexity index is 719. The zero-order valence-electron chi connectivity index (χ0n) is 9.97. The van der Waals surface area contributed by atoms with Crippen LogP contribution < -0.4 is 5.43 Å². The molecule has 3 rings (SSSR count). The van der Waals surface area contributed by atoms with E-state index in [0.29, 0.717) is 5.02 Å². The van der Waals surface area contributed by atoms with Gasteiger partial charge in [-0.2, -0.15) is 5.10 Å². The number of nitrogens with one attached hydrogen (secondary N) is 2. The topological polar surface area (TPSA) is 53.1 Å². The summed E-state index contributed by atoms with van der Waals surface area (Å²) in [6.45, 7) is 0. The summed E-state index contributed by atoms with van der Waals surface area (Å²) in [4.78, 5) is 7.33. The molecular formula is C14H11ClN4. The molecule has 2 aromatic heterocycles. The van der Waals surface area contributed by atoms with Crippen LogP contribution in [0.15, 0.2) is 53.9 Å². The number of hydrazone groups is 1. The molecule has 19 heavy (non-hydrogen) atoms. The van der Waals surface area contributed by atoms with Crippen molar-refractivity contribution in [3.8, 4) is 0 Å². The molecule has 3 aromatic rings. The second-order valence-corrected chi connectivity index (χ2v) is 4.45. The van der Waals surface area contributed by atoms with E-state index in [1.807, 2.05) is 42.6 Å². The van der Waals surface area contributed by atoms with Gasteiger partial charge in [-0.25, -0.2) is 0 Å². The SMILES string of the molecule is Clc1ccc2c(N/N=C/c3ccc[nH]3)ccnc2c1. The molecule has 0 unspecified atom stereocenters. The Labute approximate surface area is 115 Å². The predicted octanol–water partition coefficient (Wildman–Crippen LogP) is 3.66. The van der Waals surface area contributed by atoms with Crippen molar-refractivity contribution in [2.45, 2.75) is 0 Å². The van der Waals surface area contributed by atoms with Gasteiger partial charge in [0.05, 0.1) is 23.1 Å². The van der Waals surface area contributed by atoms with Crippen molar-refractivity contribution in [2.75, 3.05) is 5.43 Å². The minimum atomic E-state index is 0.673. The first-order valence-corrected chi connectivity index (χ1v) is 6.17. The number of hydrogen-bond donors (Lipinski definition) is 2. The van der Waals surface area contributed by atoms with Gasteiger partial charge in [0.1, 0.15) is 0 Å². The fraction of sp³-hybridized carbons (Fsp3) is 0. The Balaban J connectivity index is 1.89. The van der Waals surface area contributed by atoms with Crippen LogP contribution in [-0.2, 0) is 0 Å². The van der Waals surface area contributed by atoms with Gasteiger partial charge in [0.2, 0.25) is 0 Å². The van der Waals surface area contributed by atoms with Crippen LogP contribution >= 0.6 is 11.6 Å². The Kier molecular flexibility index (Phi) is 3.16. The molecule has 1 aromatic carbocycles. The maximum Gasteiger partial charge on any atom is 0.0738 e. The van der Waals surface area contributed by atoms with E-state index in [2.05, 4.69) is 20.5 Å². The van der Waals surface area contributed by atoms with Gasteiger partial charge in [0.25, 0.3) is 0 Å². The van der Waals surface area contributed by atoms with Gasteiger partial charge in [0.15, 0.2) is 0 Å². The van der Waals surface area contributed by atoms with Crippen molar-refractivity contribution >= 4 is 34.4 Å². The molecule has 5 heteroatoms. The summed E-state index contributed by atoms with van der Waals surface area (Å²) in [5.74, 6) is 0. The van der Waals surface area contributed by atoms with E-state index in [-0.39, 0.29) is 0 Å². The lowest BCUT2D eigenvalue weighted by atomic mass is 10.2. The molecule has 0 atom stereocenters. The van der Waals surface area contributed by atoms with Gasteiger partial charge in [0, 0.05) is 22.8 Å². The molecule has 0 aliphatic rings. The number of pyridine rings is 1. The van der Waals surface area contributed by atoms with E-state index >= 15 is 0 Å². The quantitative estimate of drug-likeness (QED) is 0.564. The molecule has 0 bridgehead atoms. The van der Waals surface area contributed by atoms with Gasteiger partial charge in [-0.3, -0.25) is 10.4 Å². The van der Waals surface area contributed by atoms with Crippen LogP contribution in [-0.4, -0.2) is 16.2 Å². The van der Waals surface area contributed by atoms with Crippen molar-refractivity contribution in [1.29, 1.82) is 0 Å². The number of aromatic amines is 1. The molecule has 0 amide bonds. The highest BCUT2D eigenvalue weighted by molar-refractivity contribution is 6.31. The van der Waals surface area contributed by atoms with E-state index < -0.39 is 0 Å². The minimum absolute atomic E-state index is 0.673. The first kappa shape index (κ1) is 11.7. The molecule has 0 saturated carbocycles. The predicted molar refractivity (Wildman–Crippen MR) is 78.8 cm³/mol. The average Bonchev–Trinajstić information content (AvgIpc) is 2.92. The summed E-state index contributed by atoms with van der Waals surface area (Å²) >= 11 is 5.95. The molecular weight excluding hydrogens is 260 g/mol. The van der Waals surface area contributed by atoms with E-state index in [1.54, 1.807) is 12.4 Å². The molecule has 0 aliphatic heterocycles. The molecule has 0 saturated heterocycles. The van der Waals surface area contributed by atoms with Crippen molar-refractivity contribution in [2.24, 2.45) is 5.10 Å². The molecule has 0 spiro atoms. The first-order chi connectivity index (χ1) is 9.33. The van der Waals surface area contributed by atoms with Crippen LogP contribution in [0.2, 0.25) is 5.02 Å². The standard InChI is InChI=1S/C14H11ClN4/c15-10-3-4-12-13(5-7-17-14(12)8-10)19-18-9-11-2-1-6-16-11/h1-9,16H,(H,17,19)/b18-9+. The normalized spacial score (nSPS) is 11.2. The minimum Gasteiger partial charge on any atom is -0.360 e. The molecule has 0 aliphatic carbocycles. The highest BCUT2D eigenvalue weighted by atomic mass is 35.5. The number of benzene rings is 1. The van der Waals surface area contributed by atoms with E-state index in [9.17, 15) is 0 Å². The van der Waals surface area contributed by atoms with E-state index in [0.717, 1.165) is 22.3 Å². The van der Waals surface area contributed by atoms with Crippen LogP contribution in [0.25, 0.3) is 10.9 Å². The van der Waals surface area contributed by atoms with Gasteiger partial charge in [-0.1, -0.05) is 11.6 Å². The van der Waals surface area contributed by atoms with Crippen LogP contribution in [0.3, 0.4) is 0 Å². The van der Waals surface area contributed by atoms with Crippen LogP contribution in [0.1, 0.15) is 5.69 Å². The lowest BCUT2D eigenvalue weighted by Gasteiger charge is -2.04. The van der Waals surface area contributed by atoms with Crippen molar-refractivity contribution < 1.29 is 0 Å². The summed E-state index contributed by atoms with van der Waals surface area (Å²) in [6, 6.07) is 11.3. The summed E-state index contributed by atoms with van der Waals surface area (Å²) in [5, 5.41) is 5.84. The van der Waals surface area contributed by atoms with E-state index in [1.165, 1.54) is 0 Å². The summed E-state index contributed by atoms with van der Waals surface area (Å²) < 4.78 is 0. The Morgan fingerprint density at radius 2 is 2.21 bits per heavy atom. The number of halogens is 1. The fourth-order valence-electron chi connectivity index (χ4n) is 1.81. The monoisotopic (exact) mass is 270 g/mol. The summed E-state index contributed by atoms with van der Waals surface area (Å²) in [5.41, 5.74) is 5.68. The number of aromatic nitrogens is 2. The third-order valence-electron chi connectivity index (χ3n) is 2.72. The molecule has 0 fully saturated rings. The average molecular weight is 271 g/mol. The Hall–Kier alpha value is -2.33. The number of nitrogens with zero attached hydrogens (tertiary/aromatic N) is 2. The second-order valence-electron chi connectivity index (χ2n) is 4.02. The zero-order valence-corrected chi connectivity index (χ0v) is 10.7. The lowest BCUT2D eigenvalue weighted by Crippen LogP contribution is -1.92. The Morgan fingerprint density at radius 3 is 3.05 bits per heavy atom. The maximum absolute atomic E-state index is 5.95. The second kappa shape index (κ2) is 5.12. The molecule has 2 N–H and O–H groups in total. The van der Waals surface area contributed by atoms with Crippen molar-refractivity contribution in [1.82, 2.24) is 9.97 Å². The zero-order chi connectivity index (χ0) is 13.1. The van der Waals surface area contributed by atoms with E-state index in [4.69, 9.17) is 11.6 Å². The van der Waals surface area contributed by atoms with Crippen LogP contribution in [0.5, 0.6) is 0 Å². The van der Waals surface area contributed by atoms with Crippen molar-refractivity contribution in [3.63, 3.8) is 0 Å². The lowest BCUT2D eigenvalue weighted by molar-refractivity contribution is 1.31. The van der Waals surface area contributed by atoms with Gasteiger partial charge in [-0.15, -0.1) is 0 Å². The maximum atomic E-state index is 5.95. The van der Waals surface area contributed by atoms with Crippen LogP contribution in [0, 0.1) is 0 Å². The molecule has 4 nitrogen and oxygen atoms in total. The highest BCUT2D eigenvalue weighted by Gasteiger charge is 2.01. The fourth-order valence-corrected chi connectivity index (χ4v) is 1.98. The third-order valence-corrected chi connectivity index (χ3v) is 2.95. The number of fused-ring (bicyclic) bond motifs is 1. The molecule has 94 valence electrons. The van der Waals surface area contributed by atoms with Gasteiger partial charge >= 0.3 is 0 Å². The highest BCUT2D eigenvalue weighted by Crippen LogP contribution is 2.24. The molecule has 2 heterocycles. The first-order valence-electron chi connectivity index (χ1n) is 5.80. The largest absolute Gasteiger partial charge is 0.360 e. The third kappa shape index (κ3) is 2.58.